The molecule has 1 aromatic heterocycles. The molecule has 2 aromatic rings. The summed E-state index contributed by atoms with van der Waals surface area (Å²) in [5, 5.41) is 2.35. The molecule has 0 unspecified atom stereocenters. The fraction of sp³-hybridized carbons (Fsp3) is 0.250. The van der Waals surface area contributed by atoms with E-state index < -0.39 is 40.6 Å². The van der Waals surface area contributed by atoms with Crippen molar-refractivity contribution in [3.8, 4) is 0 Å². The summed E-state index contributed by atoms with van der Waals surface area (Å²) in [7, 11) is 0. The highest BCUT2D eigenvalue weighted by molar-refractivity contribution is 7.17. The fourth-order valence-electron chi connectivity index (χ4n) is 2.82. The van der Waals surface area contributed by atoms with E-state index in [1.165, 1.54) is 0 Å². The molecular weight excluding hydrogens is 360 g/mol. The van der Waals surface area contributed by atoms with Crippen molar-refractivity contribution in [3.63, 3.8) is 0 Å². The average molecular weight is 372 g/mol. The summed E-state index contributed by atoms with van der Waals surface area (Å²) in [5.41, 5.74) is 5.22. The minimum absolute atomic E-state index is 0.0916. The van der Waals surface area contributed by atoms with E-state index in [1.54, 1.807) is 0 Å². The van der Waals surface area contributed by atoms with Crippen molar-refractivity contribution in [2.24, 2.45) is 5.73 Å². The zero-order chi connectivity index (χ0) is 18.3. The second-order valence-electron chi connectivity index (χ2n) is 5.58. The molecule has 25 heavy (non-hydrogen) atoms. The zero-order valence-corrected chi connectivity index (χ0v) is 13.5. The largest absolute Gasteiger partial charge is 0.365 e. The maximum atomic E-state index is 13.8. The molecule has 0 saturated carbocycles. The number of fused-ring (bicyclic) bond motifs is 1. The molecule has 0 radical (unpaired) electrons. The molecular formula is C16H12F4N2O2S. The molecule has 3 N–H and O–H groups in total. The molecule has 0 atom stereocenters. The first-order valence-corrected chi connectivity index (χ1v) is 8.21. The van der Waals surface area contributed by atoms with Gasteiger partial charge >= 0.3 is 0 Å². The van der Waals surface area contributed by atoms with Crippen molar-refractivity contribution >= 4 is 28.2 Å². The minimum Gasteiger partial charge on any atom is -0.365 e. The molecule has 4 nitrogen and oxygen atoms in total. The summed E-state index contributed by atoms with van der Waals surface area (Å²) in [6.45, 7) is 0. The highest BCUT2D eigenvalue weighted by Gasteiger charge is 2.27. The summed E-state index contributed by atoms with van der Waals surface area (Å²) >= 11 is 1.11. The number of rotatable bonds is 3. The van der Waals surface area contributed by atoms with Gasteiger partial charge in [0.1, 0.15) is 5.00 Å². The lowest BCUT2D eigenvalue weighted by atomic mass is 9.95. The third kappa shape index (κ3) is 2.99. The van der Waals surface area contributed by atoms with E-state index in [2.05, 4.69) is 5.32 Å². The fourth-order valence-corrected chi connectivity index (χ4v) is 4.11. The van der Waals surface area contributed by atoms with Crippen LogP contribution in [0.3, 0.4) is 0 Å². The summed E-state index contributed by atoms with van der Waals surface area (Å²) in [6, 6.07) is 0.264. The molecule has 132 valence electrons. The molecule has 1 heterocycles. The van der Waals surface area contributed by atoms with Gasteiger partial charge in [0.25, 0.3) is 11.8 Å². The van der Waals surface area contributed by atoms with Crippen molar-refractivity contribution in [1.29, 1.82) is 0 Å². The van der Waals surface area contributed by atoms with Crippen molar-refractivity contribution in [3.05, 3.63) is 50.9 Å². The number of amides is 2. The van der Waals surface area contributed by atoms with E-state index >= 15 is 0 Å². The number of primary amides is 1. The SMILES string of the molecule is NC(=O)c1c(NC(=O)c2cc(F)c(F)c(F)c2F)sc2c1CCCC2. The Kier molecular flexibility index (Phi) is 4.51. The number of hydrogen-bond acceptors (Lipinski definition) is 3. The van der Waals surface area contributed by atoms with Crippen LogP contribution in [-0.4, -0.2) is 11.8 Å². The third-order valence-electron chi connectivity index (χ3n) is 3.99. The van der Waals surface area contributed by atoms with Gasteiger partial charge in [-0.1, -0.05) is 0 Å². The first-order chi connectivity index (χ1) is 11.8. The molecule has 0 fully saturated rings. The number of nitrogens with one attached hydrogen (secondary N) is 1. The van der Waals surface area contributed by atoms with E-state index in [9.17, 15) is 27.2 Å². The van der Waals surface area contributed by atoms with Crippen LogP contribution in [0.1, 0.15) is 44.0 Å². The van der Waals surface area contributed by atoms with Gasteiger partial charge in [-0.3, -0.25) is 9.59 Å². The Morgan fingerprint density at radius 1 is 1.04 bits per heavy atom. The average Bonchev–Trinajstić information content (AvgIpc) is 2.93. The van der Waals surface area contributed by atoms with Gasteiger partial charge < -0.3 is 11.1 Å². The Labute approximate surface area is 143 Å². The Morgan fingerprint density at radius 2 is 1.72 bits per heavy atom. The van der Waals surface area contributed by atoms with E-state index in [-0.39, 0.29) is 16.6 Å². The highest BCUT2D eigenvalue weighted by atomic mass is 32.1. The predicted octanol–water partition coefficient (Wildman–Crippen LogP) is 3.53. The first kappa shape index (κ1) is 17.4. The van der Waals surface area contributed by atoms with E-state index in [1.807, 2.05) is 0 Å². The molecule has 0 bridgehead atoms. The van der Waals surface area contributed by atoms with Crippen LogP contribution in [0, 0.1) is 23.3 Å². The first-order valence-electron chi connectivity index (χ1n) is 7.40. The Hall–Kier alpha value is -2.42. The second kappa shape index (κ2) is 6.47. The lowest BCUT2D eigenvalue weighted by molar-refractivity contribution is 0.100. The quantitative estimate of drug-likeness (QED) is 0.491. The van der Waals surface area contributed by atoms with Crippen LogP contribution in [0.4, 0.5) is 22.6 Å². The smallest absolute Gasteiger partial charge is 0.259 e. The van der Waals surface area contributed by atoms with Crippen LogP contribution in [0.15, 0.2) is 6.07 Å². The second-order valence-corrected chi connectivity index (χ2v) is 6.69. The van der Waals surface area contributed by atoms with Crippen molar-refractivity contribution in [2.75, 3.05) is 5.32 Å². The molecule has 0 saturated heterocycles. The van der Waals surface area contributed by atoms with Crippen LogP contribution >= 0.6 is 11.3 Å². The van der Waals surface area contributed by atoms with Crippen LogP contribution < -0.4 is 11.1 Å². The van der Waals surface area contributed by atoms with E-state index in [0.717, 1.165) is 34.6 Å². The molecule has 1 aliphatic carbocycles. The topological polar surface area (TPSA) is 72.2 Å². The van der Waals surface area contributed by atoms with Gasteiger partial charge in [0.2, 0.25) is 0 Å². The lowest BCUT2D eigenvalue weighted by Gasteiger charge is -2.11. The van der Waals surface area contributed by atoms with Gasteiger partial charge in [0, 0.05) is 4.88 Å². The number of anilines is 1. The number of nitrogens with two attached hydrogens (primary N) is 1. The molecule has 3 rings (SSSR count). The van der Waals surface area contributed by atoms with Crippen molar-refractivity contribution in [2.45, 2.75) is 25.7 Å². The Morgan fingerprint density at radius 3 is 2.40 bits per heavy atom. The Balaban J connectivity index is 2.00. The summed E-state index contributed by atoms with van der Waals surface area (Å²) < 4.78 is 53.3. The number of carbonyl (C=O) groups excluding carboxylic acids is 2. The number of aryl methyl sites for hydroxylation is 1. The van der Waals surface area contributed by atoms with Crippen LogP contribution in [0.2, 0.25) is 0 Å². The van der Waals surface area contributed by atoms with Gasteiger partial charge in [-0.25, -0.2) is 17.6 Å². The van der Waals surface area contributed by atoms with Gasteiger partial charge in [0.15, 0.2) is 23.3 Å². The van der Waals surface area contributed by atoms with Gasteiger partial charge in [-0.15, -0.1) is 11.3 Å². The summed E-state index contributed by atoms with van der Waals surface area (Å²) in [6.07, 6.45) is 3.11. The molecule has 1 aromatic carbocycles. The minimum atomic E-state index is -2.08. The zero-order valence-electron chi connectivity index (χ0n) is 12.7. The standard InChI is InChI=1S/C16H12F4N2O2S/c17-8-5-7(11(18)13(20)12(8)19)15(24)22-16-10(14(21)23)6-3-1-2-4-9(6)25-16/h5H,1-4H2,(H2,21,23)(H,22,24). The van der Waals surface area contributed by atoms with E-state index in [0.29, 0.717) is 12.8 Å². The number of carbonyl (C=O) groups is 2. The predicted molar refractivity (Wildman–Crippen MR) is 83.7 cm³/mol. The number of halogens is 4. The molecule has 0 spiro atoms. The maximum absolute atomic E-state index is 13.8. The lowest BCUT2D eigenvalue weighted by Crippen LogP contribution is -2.20. The monoisotopic (exact) mass is 372 g/mol. The maximum Gasteiger partial charge on any atom is 0.259 e. The highest BCUT2D eigenvalue weighted by Crippen LogP contribution is 2.38. The molecule has 1 aliphatic rings. The van der Waals surface area contributed by atoms with Gasteiger partial charge in [0.05, 0.1) is 11.1 Å². The normalized spacial score (nSPS) is 13.4. The van der Waals surface area contributed by atoms with Crippen molar-refractivity contribution < 1.29 is 27.2 Å². The van der Waals surface area contributed by atoms with Crippen LogP contribution in [0.5, 0.6) is 0 Å². The van der Waals surface area contributed by atoms with Gasteiger partial charge in [-0.2, -0.15) is 0 Å². The van der Waals surface area contributed by atoms with E-state index in [4.69, 9.17) is 5.73 Å². The van der Waals surface area contributed by atoms with Crippen LogP contribution in [-0.2, 0) is 12.8 Å². The third-order valence-corrected chi connectivity index (χ3v) is 5.20. The molecule has 9 heteroatoms. The summed E-state index contributed by atoms with van der Waals surface area (Å²) in [5.74, 6) is -9.53. The van der Waals surface area contributed by atoms with Crippen LogP contribution in [0.25, 0.3) is 0 Å². The molecule has 0 aliphatic heterocycles. The number of thiophene rings is 1. The Bertz CT molecular complexity index is 895. The number of hydrogen-bond donors (Lipinski definition) is 2. The molecule has 2 amide bonds. The van der Waals surface area contributed by atoms with Gasteiger partial charge in [-0.05, 0) is 37.3 Å². The summed E-state index contributed by atoms with van der Waals surface area (Å²) in [4.78, 5) is 24.8. The number of benzene rings is 1. The van der Waals surface area contributed by atoms with Crippen molar-refractivity contribution in [1.82, 2.24) is 0 Å².